The van der Waals surface area contributed by atoms with Gasteiger partial charge in [-0.2, -0.15) is 0 Å². The zero-order valence-corrected chi connectivity index (χ0v) is 7.87. The molecule has 1 aliphatic carbocycles. The first-order chi connectivity index (χ1) is 5.77. The topological polar surface area (TPSA) is 23.5 Å². The van der Waals surface area contributed by atoms with Gasteiger partial charge in [0.25, 0.3) is 0 Å². The average molecular weight is 169 g/mol. The average Bonchev–Trinajstić information content (AvgIpc) is 2.04. The van der Waals surface area contributed by atoms with Gasteiger partial charge in [-0.1, -0.05) is 12.8 Å². The van der Waals surface area contributed by atoms with E-state index in [-0.39, 0.29) is 6.10 Å². The van der Waals surface area contributed by atoms with Crippen LogP contribution in [0.15, 0.2) is 0 Å². The maximum absolute atomic E-state index is 9.58. The van der Waals surface area contributed by atoms with Crippen molar-refractivity contribution in [2.45, 2.75) is 44.2 Å². The lowest BCUT2D eigenvalue weighted by Gasteiger charge is -2.44. The van der Waals surface area contributed by atoms with Gasteiger partial charge in [0.15, 0.2) is 0 Å². The first-order valence-electron chi connectivity index (χ1n) is 5.15. The van der Waals surface area contributed by atoms with Crippen molar-refractivity contribution >= 4 is 0 Å². The summed E-state index contributed by atoms with van der Waals surface area (Å²) in [5.74, 6) is 0.785. The summed E-state index contributed by atoms with van der Waals surface area (Å²) >= 11 is 0. The quantitative estimate of drug-likeness (QED) is 0.590. The smallest absolute Gasteiger partial charge is 0.0670 e. The second-order valence-electron chi connectivity index (χ2n) is 4.44. The molecule has 2 heteroatoms. The Kier molecular flexibility index (Phi) is 2.37. The van der Waals surface area contributed by atoms with Gasteiger partial charge in [-0.05, 0) is 32.2 Å². The van der Waals surface area contributed by atoms with E-state index in [1.165, 1.54) is 25.7 Å². The normalized spacial score (nSPS) is 44.0. The standard InChI is InChI=1S/C10H19NO/c1-11-7-9(12)6-8-4-2-3-5-10(8)11/h8-10,12H,2-7H2,1H3/t8-,9?,10+/m1/s1. The molecule has 1 saturated carbocycles. The van der Waals surface area contributed by atoms with E-state index in [1.54, 1.807) is 0 Å². The number of hydrogen-bond acceptors (Lipinski definition) is 2. The Morgan fingerprint density at radius 2 is 2.00 bits per heavy atom. The minimum absolute atomic E-state index is 0.0608. The van der Waals surface area contributed by atoms with Gasteiger partial charge in [0.1, 0.15) is 0 Å². The Hall–Kier alpha value is -0.0800. The molecule has 70 valence electrons. The van der Waals surface area contributed by atoms with E-state index in [0.717, 1.165) is 24.9 Å². The molecule has 0 bridgehead atoms. The monoisotopic (exact) mass is 169 g/mol. The second-order valence-corrected chi connectivity index (χ2v) is 4.44. The van der Waals surface area contributed by atoms with E-state index in [4.69, 9.17) is 0 Å². The Morgan fingerprint density at radius 3 is 2.83 bits per heavy atom. The highest BCUT2D eigenvalue weighted by Gasteiger charge is 2.34. The Bertz CT molecular complexity index is 160. The summed E-state index contributed by atoms with van der Waals surface area (Å²) in [5, 5.41) is 9.58. The summed E-state index contributed by atoms with van der Waals surface area (Å²) in [6, 6.07) is 0.780. The van der Waals surface area contributed by atoms with E-state index in [0.29, 0.717) is 0 Å². The van der Waals surface area contributed by atoms with E-state index in [2.05, 4.69) is 11.9 Å². The maximum atomic E-state index is 9.58. The Morgan fingerprint density at radius 1 is 1.25 bits per heavy atom. The van der Waals surface area contributed by atoms with Gasteiger partial charge in [0.05, 0.1) is 6.10 Å². The van der Waals surface area contributed by atoms with Crippen LogP contribution in [0.25, 0.3) is 0 Å². The van der Waals surface area contributed by atoms with Crippen LogP contribution in [-0.4, -0.2) is 35.7 Å². The largest absolute Gasteiger partial charge is 0.392 e. The molecule has 1 heterocycles. The van der Waals surface area contributed by atoms with Gasteiger partial charge in [-0.3, -0.25) is 0 Å². The van der Waals surface area contributed by atoms with Crippen LogP contribution in [0.2, 0.25) is 0 Å². The molecule has 3 atom stereocenters. The molecule has 0 aromatic rings. The first kappa shape index (κ1) is 8.52. The van der Waals surface area contributed by atoms with Crippen molar-refractivity contribution in [3.8, 4) is 0 Å². The van der Waals surface area contributed by atoms with Crippen molar-refractivity contribution < 1.29 is 5.11 Å². The van der Waals surface area contributed by atoms with Crippen molar-refractivity contribution in [2.24, 2.45) is 5.92 Å². The molecule has 2 nitrogen and oxygen atoms in total. The zero-order chi connectivity index (χ0) is 8.55. The molecule has 1 N–H and O–H groups in total. The number of piperidine rings is 1. The number of nitrogens with zero attached hydrogens (tertiary/aromatic N) is 1. The summed E-state index contributed by atoms with van der Waals surface area (Å²) in [5.41, 5.74) is 0. The summed E-state index contributed by atoms with van der Waals surface area (Å²) in [6.07, 6.45) is 6.45. The van der Waals surface area contributed by atoms with Crippen molar-refractivity contribution in [2.75, 3.05) is 13.6 Å². The fraction of sp³-hybridized carbons (Fsp3) is 1.00. The van der Waals surface area contributed by atoms with Gasteiger partial charge >= 0.3 is 0 Å². The zero-order valence-electron chi connectivity index (χ0n) is 7.87. The molecule has 2 aliphatic rings. The fourth-order valence-electron chi connectivity index (χ4n) is 2.94. The van der Waals surface area contributed by atoms with Crippen molar-refractivity contribution in [3.05, 3.63) is 0 Å². The van der Waals surface area contributed by atoms with Crippen LogP contribution in [0.4, 0.5) is 0 Å². The molecule has 1 saturated heterocycles. The molecular weight excluding hydrogens is 150 g/mol. The molecule has 1 unspecified atom stereocenters. The van der Waals surface area contributed by atoms with Gasteiger partial charge < -0.3 is 10.0 Å². The number of likely N-dealkylation sites (N-methyl/N-ethyl adjacent to an activating group) is 1. The van der Waals surface area contributed by atoms with Gasteiger partial charge in [-0.25, -0.2) is 0 Å². The third kappa shape index (κ3) is 1.50. The van der Waals surface area contributed by atoms with Crippen LogP contribution < -0.4 is 0 Å². The van der Waals surface area contributed by atoms with Crippen LogP contribution in [0.5, 0.6) is 0 Å². The lowest BCUT2D eigenvalue weighted by molar-refractivity contribution is -0.00462. The molecule has 2 fully saturated rings. The minimum Gasteiger partial charge on any atom is -0.392 e. The predicted octanol–water partition coefficient (Wildman–Crippen LogP) is 1.24. The highest BCUT2D eigenvalue weighted by molar-refractivity contribution is 4.88. The molecule has 0 aromatic carbocycles. The molecule has 0 spiro atoms. The van der Waals surface area contributed by atoms with Crippen LogP contribution in [0.1, 0.15) is 32.1 Å². The van der Waals surface area contributed by atoms with Crippen molar-refractivity contribution in [1.82, 2.24) is 4.90 Å². The molecule has 0 amide bonds. The molecule has 0 radical (unpaired) electrons. The van der Waals surface area contributed by atoms with Crippen molar-refractivity contribution in [3.63, 3.8) is 0 Å². The van der Waals surface area contributed by atoms with E-state index in [9.17, 15) is 5.11 Å². The summed E-state index contributed by atoms with van der Waals surface area (Å²) in [6.45, 7) is 0.890. The maximum Gasteiger partial charge on any atom is 0.0670 e. The number of rotatable bonds is 0. The predicted molar refractivity (Wildman–Crippen MR) is 49.0 cm³/mol. The molecule has 12 heavy (non-hydrogen) atoms. The number of aliphatic hydroxyl groups excluding tert-OH is 1. The van der Waals surface area contributed by atoms with Crippen LogP contribution in [-0.2, 0) is 0 Å². The van der Waals surface area contributed by atoms with Gasteiger partial charge in [0.2, 0.25) is 0 Å². The molecular formula is C10H19NO. The van der Waals surface area contributed by atoms with E-state index < -0.39 is 0 Å². The third-order valence-corrected chi connectivity index (χ3v) is 3.51. The van der Waals surface area contributed by atoms with Gasteiger partial charge in [-0.15, -0.1) is 0 Å². The van der Waals surface area contributed by atoms with Crippen LogP contribution >= 0.6 is 0 Å². The highest BCUT2D eigenvalue weighted by atomic mass is 16.3. The number of fused-ring (bicyclic) bond motifs is 1. The lowest BCUT2D eigenvalue weighted by atomic mass is 9.78. The number of hydrogen-bond donors (Lipinski definition) is 1. The highest BCUT2D eigenvalue weighted by Crippen LogP contribution is 2.34. The second kappa shape index (κ2) is 3.35. The van der Waals surface area contributed by atoms with E-state index in [1.807, 2.05) is 0 Å². The Balaban J connectivity index is 2.01. The molecule has 0 aromatic heterocycles. The number of likely N-dealkylation sites (tertiary alicyclic amines) is 1. The fourth-order valence-corrected chi connectivity index (χ4v) is 2.94. The molecule has 2 rings (SSSR count). The minimum atomic E-state index is -0.0608. The van der Waals surface area contributed by atoms with Gasteiger partial charge in [0, 0.05) is 12.6 Å². The summed E-state index contributed by atoms with van der Waals surface area (Å²) in [7, 11) is 2.16. The van der Waals surface area contributed by atoms with Crippen LogP contribution in [0.3, 0.4) is 0 Å². The Labute approximate surface area is 74.6 Å². The van der Waals surface area contributed by atoms with E-state index >= 15 is 0 Å². The first-order valence-corrected chi connectivity index (χ1v) is 5.15. The van der Waals surface area contributed by atoms with Crippen LogP contribution in [0, 0.1) is 5.92 Å². The summed E-state index contributed by atoms with van der Waals surface area (Å²) in [4.78, 5) is 2.36. The third-order valence-electron chi connectivity index (χ3n) is 3.51. The number of β-amino-alcohol motifs (C(OH)–C–C–N with tert-alkyl or cyclic N) is 1. The summed E-state index contributed by atoms with van der Waals surface area (Å²) < 4.78 is 0. The lowest BCUT2D eigenvalue weighted by Crippen LogP contribution is -2.49. The SMILES string of the molecule is CN1CC(O)C[C@H]2CCCC[C@@H]21. The molecule has 1 aliphatic heterocycles. The number of aliphatic hydroxyl groups is 1. The van der Waals surface area contributed by atoms with Crippen molar-refractivity contribution in [1.29, 1.82) is 0 Å².